The zero-order chi connectivity index (χ0) is 29.1. The Morgan fingerprint density at radius 2 is 1.71 bits per heavy atom. The van der Waals surface area contributed by atoms with E-state index in [2.05, 4.69) is 15.6 Å². The van der Waals surface area contributed by atoms with Crippen LogP contribution in [0.2, 0.25) is 0 Å². The summed E-state index contributed by atoms with van der Waals surface area (Å²) < 4.78 is 6.22. The van der Waals surface area contributed by atoms with Crippen molar-refractivity contribution < 1.29 is 29.0 Å². The molecule has 41 heavy (non-hydrogen) atoms. The van der Waals surface area contributed by atoms with Crippen molar-refractivity contribution in [1.82, 2.24) is 15.2 Å². The third-order valence-electron chi connectivity index (χ3n) is 6.83. The van der Waals surface area contributed by atoms with Crippen LogP contribution in [0.25, 0.3) is 11.3 Å². The number of pyridine rings is 1. The van der Waals surface area contributed by atoms with Crippen molar-refractivity contribution in [2.75, 3.05) is 11.9 Å². The minimum Gasteiger partial charge on any atom is -0.478 e. The van der Waals surface area contributed by atoms with Crippen LogP contribution in [0.5, 0.6) is 0 Å². The molecule has 4 aromatic rings. The fourth-order valence-electron chi connectivity index (χ4n) is 4.79. The molecule has 4 N–H and O–H groups in total. The number of carboxylic acid groups (broad SMARTS) is 2. The zero-order valence-corrected chi connectivity index (χ0v) is 22.7. The molecular formula is C30H26N4O6S. The molecule has 0 bridgehead atoms. The van der Waals surface area contributed by atoms with E-state index >= 15 is 0 Å². The fraction of sp³-hybridized carbons (Fsp3) is 0.167. The van der Waals surface area contributed by atoms with E-state index in [0.717, 1.165) is 17.3 Å². The summed E-state index contributed by atoms with van der Waals surface area (Å²) >= 11 is 5.67. The van der Waals surface area contributed by atoms with Gasteiger partial charge in [-0.1, -0.05) is 24.3 Å². The molecule has 1 aliphatic heterocycles. The number of carbonyl (C=O) groups is 3. The van der Waals surface area contributed by atoms with Crippen LogP contribution in [-0.2, 0) is 4.79 Å². The number of furan rings is 1. The average Bonchev–Trinajstić information content (AvgIpc) is 3.58. The SMILES string of the molecule is Cc1ccccc1NC(=O)CCN1C(=S)N[C@H](c2ccccn2)[C@@H]1c1ccc(-c2cc(C(=O)O)cc(C(=O)O)c2)o1. The Morgan fingerprint density at radius 3 is 2.37 bits per heavy atom. The van der Waals surface area contributed by atoms with E-state index in [0.29, 0.717) is 27.9 Å². The normalized spacial score (nSPS) is 16.3. The molecule has 5 rings (SSSR count). The molecule has 0 unspecified atom stereocenters. The number of hydrogen-bond donors (Lipinski definition) is 4. The number of benzene rings is 2. The summed E-state index contributed by atoms with van der Waals surface area (Å²) in [5.41, 5.74) is 2.37. The highest BCUT2D eigenvalue weighted by Gasteiger charge is 2.41. The van der Waals surface area contributed by atoms with E-state index in [4.69, 9.17) is 16.6 Å². The number of anilines is 1. The Balaban J connectivity index is 1.45. The Bertz CT molecular complexity index is 1600. The summed E-state index contributed by atoms with van der Waals surface area (Å²) in [5.74, 6) is -1.90. The Morgan fingerprint density at radius 1 is 1.00 bits per heavy atom. The van der Waals surface area contributed by atoms with Crippen LogP contribution in [-0.4, -0.2) is 49.6 Å². The lowest BCUT2D eigenvalue weighted by Crippen LogP contribution is -2.32. The van der Waals surface area contributed by atoms with Gasteiger partial charge in [0.05, 0.1) is 22.9 Å². The third kappa shape index (κ3) is 5.94. The van der Waals surface area contributed by atoms with Gasteiger partial charge in [0.25, 0.3) is 0 Å². The van der Waals surface area contributed by atoms with Gasteiger partial charge in [-0.15, -0.1) is 0 Å². The predicted octanol–water partition coefficient (Wildman–Crippen LogP) is 5.05. The first kappa shape index (κ1) is 27.5. The van der Waals surface area contributed by atoms with Gasteiger partial charge in [-0.2, -0.15) is 0 Å². The average molecular weight is 571 g/mol. The Kier molecular flexibility index (Phi) is 7.79. The topological polar surface area (TPSA) is 145 Å². The number of nitrogens with zero attached hydrogens (tertiary/aromatic N) is 2. The summed E-state index contributed by atoms with van der Waals surface area (Å²) in [6.07, 6.45) is 1.83. The van der Waals surface area contributed by atoms with Crippen LogP contribution in [0.1, 0.15) is 56.2 Å². The van der Waals surface area contributed by atoms with E-state index in [1.165, 1.54) is 12.1 Å². The Labute approximate surface area is 240 Å². The highest BCUT2D eigenvalue weighted by molar-refractivity contribution is 7.80. The summed E-state index contributed by atoms with van der Waals surface area (Å²) in [4.78, 5) is 42.5. The van der Waals surface area contributed by atoms with E-state index in [-0.39, 0.29) is 30.0 Å². The van der Waals surface area contributed by atoms with E-state index in [1.807, 2.05) is 48.2 Å². The molecule has 1 saturated heterocycles. The second kappa shape index (κ2) is 11.6. The first-order valence-electron chi connectivity index (χ1n) is 12.8. The minimum absolute atomic E-state index is 0.151. The summed E-state index contributed by atoms with van der Waals surface area (Å²) in [6, 6.07) is 19.4. The molecule has 3 heterocycles. The van der Waals surface area contributed by atoms with Crippen molar-refractivity contribution in [2.45, 2.75) is 25.4 Å². The van der Waals surface area contributed by atoms with Crippen molar-refractivity contribution in [3.63, 3.8) is 0 Å². The van der Waals surface area contributed by atoms with Crippen LogP contribution in [0.15, 0.2) is 83.4 Å². The van der Waals surface area contributed by atoms with Crippen molar-refractivity contribution in [1.29, 1.82) is 0 Å². The predicted molar refractivity (Wildman–Crippen MR) is 155 cm³/mol. The number of carboxylic acids is 2. The molecule has 2 aromatic heterocycles. The van der Waals surface area contributed by atoms with Crippen LogP contribution < -0.4 is 10.6 Å². The van der Waals surface area contributed by atoms with Gasteiger partial charge in [0.15, 0.2) is 5.11 Å². The highest BCUT2D eigenvalue weighted by Crippen LogP contribution is 2.40. The van der Waals surface area contributed by atoms with Crippen LogP contribution in [0.3, 0.4) is 0 Å². The number of aromatic nitrogens is 1. The summed E-state index contributed by atoms with van der Waals surface area (Å²) in [7, 11) is 0. The van der Waals surface area contributed by atoms with Crippen LogP contribution in [0, 0.1) is 6.92 Å². The minimum atomic E-state index is -1.25. The number of aryl methyl sites for hydroxylation is 1. The zero-order valence-electron chi connectivity index (χ0n) is 21.9. The maximum atomic E-state index is 12.9. The van der Waals surface area contributed by atoms with Crippen molar-refractivity contribution in [3.8, 4) is 11.3 Å². The van der Waals surface area contributed by atoms with Gasteiger partial charge >= 0.3 is 11.9 Å². The number of rotatable bonds is 9. The highest BCUT2D eigenvalue weighted by atomic mass is 32.1. The molecule has 0 spiro atoms. The number of para-hydroxylation sites is 1. The smallest absolute Gasteiger partial charge is 0.335 e. The molecule has 1 aliphatic rings. The maximum absolute atomic E-state index is 12.9. The molecule has 2 atom stereocenters. The van der Waals surface area contributed by atoms with Crippen LogP contribution >= 0.6 is 12.2 Å². The van der Waals surface area contributed by atoms with Gasteiger partial charge in [0.2, 0.25) is 5.91 Å². The largest absolute Gasteiger partial charge is 0.478 e. The van der Waals surface area contributed by atoms with Gasteiger partial charge in [-0.05, 0) is 73.2 Å². The molecule has 0 radical (unpaired) electrons. The van der Waals surface area contributed by atoms with Gasteiger partial charge in [0, 0.05) is 30.4 Å². The molecule has 11 heteroatoms. The second-order valence-electron chi connectivity index (χ2n) is 9.54. The van der Waals surface area contributed by atoms with Crippen molar-refractivity contribution >= 4 is 40.9 Å². The lowest BCUT2D eigenvalue weighted by molar-refractivity contribution is -0.116. The van der Waals surface area contributed by atoms with Crippen LogP contribution in [0.4, 0.5) is 5.69 Å². The number of carbonyl (C=O) groups excluding carboxylic acids is 1. The summed E-state index contributed by atoms with van der Waals surface area (Å²) in [6.45, 7) is 2.20. The van der Waals surface area contributed by atoms with Gasteiger partial charge in [0.1, 0.15) is 17.6 Å². The quantitative estimate of drug-likeness (QED) is 0.202. The first-order valence-corrected chi connectivity index (χ1v) is 13.2. The van der Waals surface area contributed by atoms with E-state index in [9.17, 15) is 24.6 Å². The van der Waals surface area contributed by atoms with Gasteiger partial charge < -0.3 is 30.2 Å². The number of hydrogen-bond acceptors (Lipinski definition) is 6. The lowest BCUT2D eigenvalue weighted by atomic mass is 10.0. The number of amides is 1. The lowest BCUT2D eigenvalue weighted by Gasteiger charge is -2.26. The molecule has 1 amide bonds. The molecular weight excluding hydrogens is 544 g/mol. The molecule has 0 aliphatic carbocycles. The maximum Gasteiger partial charge on any atom is 0.335 e. The van der Waals surface area contributed by atoms with Crippen molar-refractivity contribution in [2.24, 2.45) is 0 Å². The Hall–Kier alpha value is -5.03. The van der Waals surface area contributed by atoms with E-state index < -0.39 is 24.0 Å². The third-order valence-corrected chi connectivity index (χ3v) is 7.18. The van der Waals surface area contributed by atoms with Gasteiger partial charge in [-0.25, -0.2) is 9.59 Å². The number of nitrogens with one attached hydrogen (secondary N) is 2. The first-order chi connectivity index (χ1) is 19.7. The molecule has 1 fully saturated rings. The standard InChI is InChI=1S/C30H26N4O6S/c1-17-6-2-3-7-21(17)32-25(35)11-13-34-27(26(33-30(34)41)22-8-4-5-12-31-22)24-10-9-23(40-24)18-14-19(28(36)37)16-20(15-18)29(38)39/h2-10,12,14-16,26-27H,11,13H2,1H3,(H,32,35)(H,33,41)(H,36,37)(H,38,39)/t26-,27+/m1/s1. The molecule has 208 valence electrons. The second-order valence-corrected chi connectivity index (χ2v) is 9.93. The van der Waals surface area contributed by atoms with E-state index in [1.54, 1.807) is 24.4 Å². The fourth-order valence-corrected chi connectivity index (χ4v) is 5.12. The molecule has 0 saturated carbocycles. The number of aromatic carboxylic acids is 2. The molecule has 2 aromatic carbocycles. The monoisotopic (exact) mass is 570 g/mol. The van der Waals surface area contributed by atoms with Gasteiger partial charge in [-0.3, -0.25) is 9.78 Å². The molecule has 10 nitrogen and oxygen atoms in total. The summed E-state index contributed by atoms with van der Waals surface area (Å²) in [5, 5.41) is 25.6. The number of thiocarbonyl (C=S) groups is 1. The van der Waals surface area contributed by atoms with Crippen molar-refractivity contribution in [3.05, 3.63) is 107 Å².